The molecule has 0 aliphatic carbocycles. The lowest BCUT2D eigenvalue weighted by atomic mass is 10.1. The molecule has 1 aliphatic rings. The van der Waals surface area contributed by atoms with Gasteiger partial charge in [0.05, 0.1) is 0 Å². The number of likely N-dealkylation sites (tertiary alicyclic amines) is 1. The minimum Gasteiger partial charge on any atom is -0.366 e. The van der Waals surface area contributed by atoms with Gasteiger partial charge in [-0.15, -0.1) is 0 Å². The molecule has 1 atom stereocenters. The van der Waals surface area contributed by atoms with Crippen LogP contribution in [0.2, 0.25) is 0 Å². The van der Waals surface area contributed by atoms with E-state index in [1.807, 2.05) is 6.20 Å². The number of piperidine rings is 1. The molecular weight excluding hydrogens is 266 g/mol. The summed E-state index contributed by atoms with van der Waals surface area (Å²) >= 11 is 3.43. The number of nitrogens with zero attached hydrogens (tertiary/aromatic N) is 2. The number of likely N-dealkylation sites (N-methyl/N-ethyl adjacent to an activating group) is 1. The van der Waals surface area contributed by atoms with Crippen LogP contribution in [0.4, 0.5) is 5.82 Å². The average Bonchev–Trinajstić information content (AvgIpc) is 2.22. The first-order chi connectivity index (χ1) is 7.65. The van der Waals surface area contributed by atoms with Gasteiger partial charge in [0.25, 0.3) is 0 Å². The molecule has 1 fully saturated rings. The standard InChI is InChI=1S/C12H18BrN3/c1-9-6-10(13)7-14-12(9)15-11-4-3-5-16(2)8-11/h6-7,11H,3-5,8H2,1-2H3,(H,14,15). The lowest BCUT2D eigenvalue weighted by Crippen LogP contribution is -2.40. The van der Waals surface area contributed by atoms with E-state index in [-0.39, 0.29) is 0 Å². The van der Waals surface area contributed by atoms with Gasteiger partial charge in [-0.3, -0.25) is 0 Å². The van der Waals surface area contributed by atoms with Crippen LogP contribution in [0.3, 0.4) is 0 Å². The van der Waals surface area contributed by atoms with Crippen molar-refractivity contribution in [1.82, 2.24) is 9.88 Å². The summed E-state index contributed by atoms with van der Waals surface area (Å²) in [5.74, 6) is 1.02. The third-order valence-corrected chi connectivity index (χ3v) is 3.44. The SMILES string of the molecule is Cc1cc(Br)cnc1NC1CCCN(C)C1. The van der Waals surface area contributed by atoms with Crippen molar-refractivity contribution >= 4 is 21.7 Å². The van der Waals surface area contributed by atoms with Gasteiger partial charge in [-0.1, -0.05) is 0 Å². The van der Waals surface area contributed by atoms with E-state index in [4.69, 9.17) is 0 Å². The summed E-state index contributed by atoms with van der Waals surface area (Å²) in [6.45, 7) is 4.41. The van der Waals surface area contributed by atoms with Gasteiger partial charge in [0.1, 0.15) is 5.82 Å². The van der Waals surface area contributed by atoms with Gasteiger partial charge < -0.3 is 10.2 Å². The lowest BCUT2D eigenvalue weighted by Gasteiger charge is -2.30. The molecule has 2 rings (SSSR count). The number of aromatic nitrogens is 1. The molecule has 1 N–H and O–H groups in total. The lowest BCUT2D eigenvalue weighted by molar-refractivity contribution is 0.260. The fourth-order valence-electron chi connectivity index (χ4n) is 2.17. The van der Waals surface area contributed by atoms with Gasteiger partial charge in [0.2, 0.25) is 0 Å². The molecule has 16 heavy (non-hydrogen) atoms. The fourth-order valence-corrected chi connectivity index (χ4v) is 2.61. The highest BCUT2D eigenvalue weighted by molar-refractivity contribution is 9.10. The molecule has 3 nitrogen and oxygen atoms in total. The van der Waals surface area contributed by atoms with Gasteiger partial charge >= 0.3 is 0 Å². The van der Waals surface area contributed by atoms with Gasteiger partial charge in [0.15, 0.2) is 0 Å². The van der Waals surface area contributed by atoms with E-state index in [0.29, 0.717) is 6.04 Å². The molecule has 0 bridgehead atoms. The Morgan fingerprint density at radius 1 is 1.56 bits per heavy atom. The van der Waals surface area contributed by atoms with Crippen molar-refractivity contribution in [3.05, 3.63) is 22.3 Å². The number of anilines is 1. The summed E-state index contributed by atoms with van der Waals surface area (Å²) in [5, 5.41) is 3.53. The molecular formula is C12H18BrN3. The monoisotopic (exact) mass is 283 g/mol. The van der Waals surface area contributed by atoms with E-state index in [1.165, 1.54) is 24.9 Å². The highest BCUT2D eigenvalue weighted by Gasteiger charge is 2.17. The Hall–Kier alpha value is -0.610. The van der Waals surface area contributed by atoms with Crippen molar-refractivity contribution in [3.63, 3.8) is 0 Å². The molecule has 88 valence electrons. The second kappa shape index (κ2) is 5.15. The first kappa shape index (κ1) is 11.9. The maximum Gasteiger partial charge on any atom is 0.129 e. The van der Waals surface area contributed by atoms with E-state index in [9.17, 15) is 0 Å². The third-order valence-electron chi connectivity index (χ3n) is 3.01. The Balaban J connectivity index is 2.02. The van der Waals surface area contributed by atoms with Crippen LogP contribution in [0.5, 0.6) is 0 Å². The van der Waals surface area contributed by atoms with Crippen molar-refractivity contribution in [3.8, 4) is 0 Å². The van der Waals surface area contributed by atoms with Crippen LogP contribution in [0.25, 0.3) is 0 Å². The van der Waals surface area contributed by atoms with Crippen molar-refractivity contribution in [2.75, 3.05) is 25.5 Å². The van der Waals surface area contributed by atoms with E-state index in [2.05, 4.69) is 51.2 Å². The number of halogens is 1. The van der Waals surface area contributed by atoms with Crippen LogP contribution in [0.15, 0.2) is 16.7 Å². The van der Waals surface area contributed by atoms with Crippen LogP contribution in [-0.4, -0.2) is 36.1 Å². The maximum absolute atomic E-state index is 4.42. The molecule has 0 amide bonds. The smallest absolute Gasteiger partial charge is 0.129 e. The Kier molecular flexibility index (Phi) is 3.82. The largest absolute Gasteiger partial charge is 0.366 e. The summed E-state index contributed by atoms with van der Waals surface area (Å²) in [5.41, 5.74) is 1.20. The first-order valence-corrected chi connectivity index (χ1v) is 6.51. The van der Waals surface area contributed by atoms with Crippen LogP contribution in [-0.2, 0) is 0 Å². The van der Waals surface area contributed by atoms with E-state index in [1.54, 1.807) is 0 Å². The van der Waals surface area contributed by atoms with Gasteiger partial charge in [-0.25, -0.2) is 4.98 Å². The highest BCUT2D eigenvalue weighted by atomic mass is 79.9. The van der Waals surface area contributed by atoms with Crippen LogP contribution in [0.1, 0.15) is 18.4 Å². The molecule has 0 spiro atoms. The van der Waals surface area contributed by atoms with E-state index in [0.717, 1.165) is 16.8 Å². The van der Waals surface area contributed by atoms with Crippen molar-refractivity contribution in [2.24, 2.45) is 0 Å². The second-order valence-electron chi connectivity index (χ2n) is 4.56. The van der Waals surface area contributed by atoms with Crippen LogP contribution >= 0.6 is 15.9 Å². The quantitative estimate of drug-likeness (QED) is 0.905. The van der Waals surface area contributed by atoms with Gasteiger partial charge in [-0.05, 0) is 60.9 Å². The Labute approximate surface area is 105 Å². The van der Waals surface area contributed by atoms with Gasteiger partial charge in [0, 0.05) is 23.3 Å². The van der Waals surface area contributed by atoms with Crippen molar-refractivity contribution in [1.29, 1.82) is 0 Å². The fraction of sp³-hybridized carbons (Fsp3) is 0.583. The number of pyridine rings is 1. The highest BCUT2D eigenvalue weighted by Crippen LogP contribution is 2.19. The predicted molar refractivity (Wildman–Crippen MR) is 70.8 cm³/mol. The zero-order valence-corrected chi connectivity index (χ0v) is 11.4. The topological polar surface area (TPSA) is 28.2 Å². The van der Waals surface area contributed by atoms with E-state index >= 15 is 0 Å². The molecule has 1 aliphatic heterocycles. The molecule has 0 radical (unpaired) electrons. The third kappa shape index (κ3) is 2.95. The maximum atomic E-state index is 4.42. The average molecular weight is 284 g/mol. The summed E-state index contributed by atoms with van der Waals surface area (Å²) in [6.07, 6.45) is 4.35. The molecule has 1 unspecified atom stereocenters. The minimum atomic E-state index is 0.533. The van der Waals surface area contributed by atoms with Crippen molar-refractivity contribution < 1.29 is 0 Å². The van der Waals surface area contributed by atoms with Crippen LogP contribution in [0, 0.1) is 6.92 Å². The number of nitrogens with one attached hydrogen (secondary N) is 1. The zero-order valence-electron chi connectivity index (χ0n) is 9.83. The molecule has 1 aromatic heterocycles. The van der Waals surface area contributed by atoms with E-state index < -0.39 is 0 Å². The summed E-state index contributed by atoms with van der Waals surface area (Å²) < 4.78 is 1.04. The summed E-state index contributed by atoms with van der Waals surface area (Å²) in [4.78, 5) is 6.79. The molecule has 2 heterocycles. The number of rotatable bonds is 2. The second-order valence-corrected chi connectivity index (χ2v) is 5.48. The van der Waals surface area contributed by atoms with Crippen molar-refractivity contribution in [2.45, 2.75) is 25.8 Å². The number of aryl methyl sites for hydroxylation is 1. The number of hydrogen-bond donors (Lipinski definition) is 1. The zero-order chi connectivity index (χ0) is 11.5. The first-order valence-electron chi connectivity index (χ1n) is 5.72. The molecule has 0 saturated carbocycles. The molecule has 1 saturated heterocycles. The number of hydrogen-bond acceptors (Lipinski definition) is 3. The Bertz CT molecular complexity index is 367. The Morgan fingerprint density at radius 2 is 2.38 bits per heavy atom. The summed E-state index contributed by atoms with van der Waals surface area (Å²) in [7, 11) is 2.18. The molecule has 4 heteroatoms. The molecule has 0 aromatic carbocycles. The van der Waals surface area contributed by atoms with Gasteiger partial charge in [-0.2, -0.15) is 0 Å². The Morgan fingerprint density at radius 3 is 3.06 bits per heavy atom. The molecule has 1 aromatic rings. The van der Waals surface area contributed by atoms with Crippen LogP contribution < -0.4 is 5.32 Å². The normalized spacial score (nSPS) is 22.1. The predicted octanol–water partition coefficient (Wildman–Crippen LogP) is 2.66. The minimum absolute atomic E-state index is 0.533. The summed E-state index contributed by atoms with van der Waals surface area (Å²) in [6, 6.07) is 2.63.